The van der Waals surface area contributed by atoms with E-state index in [-0.39, 0.29) is 0 Å². The second-order valence-corrected chi connectivity index (χ2v) is 5.67. The van der Waals surface area contributed by atoms with Crippen molar-refractivity contribution in [2.45, 2.75) is 48.7 Å². The summed E-state index contributed by atoms with van der Waals surface area (Å²) in [5.74, 6) is -8.17. The van der Waals surface area contributed by atoms with Crippen LogP contribution in [0.4, 0.5) is 52.7 Å². The molecule has 1 atom stereocenters. The minimum Gasteiger partial charge on any atom is -0.373 e. The molecule has 0 unspecified atom stereocenters. The Labute approximate surface area is 146 Å². The minimum absolute atomic E-state index is 1.28. The first-order chi connectivity index (χ1) is 11.6. The maximum atomic E-state index is 12.8. The largest absolute Gasteiger partial charge is 0.427 e. The van der Waals surface area contributed by atoms with Gasteiger partial charge in [-0.15, -0.1) is 11.6 Å². The molecule has 3 nitrogen and oxygen atoms in total. The van der Waals surface area contributed by atoms with E-state index in [4.69, 9.17) is 21.8 Å². The van der Waals surface area contributed by atoms with Crippen LogP contribution in [-0.4, -0.2) is 57.8 Å². The number of alkyl halides is 13. The number of ketones is 1. The maximum absolute atomic E-state index is 12.8. The van der Waals surface area contributed by atoms with Crippen LogP contribution < -0.4 is 0 Å². The molecule has 0 aliphatic rings. The summed E-state index contributed by atoms with van der Waals surface area (Å²) in [7, 11) is 0. The van der Waals surface area contributed by atoms with E-state index in [0.717, 1.165) is 0 Å². The Hall–Kier alpha value is -0.960. The summed E-state index contributed by atoms with van der Waals surface area (Å²) in [5, 5.41) is 17.9. The molecule has 0 amide bonds. The van der Waals surface area contributed by atoms with E-state index in [0.29, 0.717) is 0 Å². The van der Waals surface area contributed by atoms with Crippen molar-refractivity contribution in [2.75, 3.05) is 5.88 Å². The molecule has 0 aliphatic heterocycles. The third kappa shape index (κ3) is 4.72. The van der Waals surface area contributed by atoms with Gasteiger partial charge in [-0.3, -0.25) is 4.79 Å². The summed E-state index contributed by atoms with van der Waals surface area (Å²) >= 11 is 4.89. The minimum atomic E-state index is -6.72. The summed E-state index contributed by atoms with van der Waals surface area (Å²) in [6.07, 6.45) is -31.8. The Balaban J connectivity index is 6.36. The van der Waals surface area contributed by atoms with Gasteiger partial charge in [0.15, 0.2) is 0 Å². The van der Waals surface area contributed by atoms with Crippen molar-refractivity contribution in [1.82, 2.24) is 0 Å². The Bertz CT molecular complexity index is 505. The number of carbonyl (C=O) groups is 1. The molecule has 0 radical (unpaired) electrons. The fourth-order valence-electron chi connectivity index (χ4n) is 2.00. The Morgan fingerprint density at radius 1 is 0.741 bits per heavy atom. The maximum Gasteiger partial charge on any atom is 0.427 e. The van der Waals surface area contributed by atoms with E-state index >= 15 is 0 Å². The van der Waals surface area contributed by atoms with Crippen molar-refractivity contribution in [2.24, 2.45) is 5.92 Å². The number of Topliss-reactive ketones (excluding diaryl/α,β-unsaturated/α-hetero) is 1. The molecular weight excluding hydrogens is 444 g/mol. The Morgan fingerprint density at radius 3 is 1.30 bits per heavy atom. The lowest BCUT2D eigenvalue weighted by Gasteiger charge is -2.39. The van der Waals surface area contributed by atoms with Crippen LogP contribution in [-0.2, 0) is 4.79 Å². The van der Waals surface area contributed by atoms with Gasteiger partial charge in [0.05, 0.1) is 12.3 Å². The molecule has 0 aromatic carbocycles. The first kappa shape index (κ1) is 26.0. The fourth-order valence-corrected chi connectivity index (χ4v) is 2.22. The summed E-state index contributed by atoms with van der Waals surface area (Å²) in [6.45, 7) is 0. The van der Waals surface area contributed by atoms with Gasteiger partial charge in [0.1, 0.15) is 5.78 Å². The van der Waals surface area contributed by atoms with Crippen LogP contribution >= 0.6 is 11.6 Å². The van der Waals surface area contributed by atoms with E-state index in [1.807, 2.05) is 0 Å². The third-order valence-electron chi connectivity index (χ3n) is 3.52. The van der Waals surface area contributed by atoms with Gasteiger partial charge in [0, 0.05) is 5.88 Å². The van der Waals surface area contributed by atoms with Gasteiger partial charge in [0.25, 0.3) is 11.2 Å². The first-order valence-corrected chi connectivity index (χ1v) is 6.91. The number of hydrogen-bond acceptors (Lipinski definition) is 3. The van der Waals surface area contributed by atoms with Crippen LogP contribution in [0, 0.1) is 5.92 Å². The molecule has 27 heavy (non-hydrogen) atoms. The second-order valence-electron chi connectivity index (χ2n) is 5.29. The highest BCUT2D eigenvalue weighted by Crippen LogP contribution is 2.51. The van der Waals surface area contributed by atoms with Crippen LogP contribution in [0.1, 0.15) is 12.8 Å². The van der Waals surface area contributed by atoms with E-state index in [2.05, 4.69) is 0 Å². The van der Waals surface area contributed by atoms with Crippen LogP contribution in [0.5, 0.6) is 0 Å². The number of aliphatic hydroxyl groups is 2. The SMILES string of the molecule is O=C(CC(O)(C(F)(F)F)C(F)(F)F)[C@H](CCCl)C(O)(C(F)(F)F)C(F)(F)F. The molecule has 0 saturated carbocycles. The molecular formula is C11H9ClF12O3. The summed E-state index contributed by atoms with van der Waals surface area (Å²) in [6, 6.07) is 0. The van der Waals surface area contributed by atoms with Gasteiger partial charge in [-0.25, -0.2) is 0 Å². The lowest BCUT2D eigenvalue weighted by Crippen LogP contribution is -2.65. The summed E-state index contributed by atoms with van der Waals surface area (Å²) < 4.78 is 152. The predicted molar refractivity (Wildman–Crippen MR) is 62.6 cm³/mol. The lowest BCUT2D eigenvalue weighted by molar-refractivity contribution is -0.383. The number of hydrogen-bond donors (Lipinski definition) is 2. The quantitative estimate of drug-likeness (QED) is 0.475. The molecule has 0 saturated heterocycles. The number of halogens is 13. The molecule has 0 bridgehead atoms. The molecule has 0 fully saturated rings. The summed E-state index contributed by atoms with van der Waals surface area (Å²) in [5.41, 5.74) is -11.9. The van der Waals surface area contributed by atoms with Crippen LogP contribution in [0.25, 0.3) is 0 Å². The lowest BCUT2D eigenvalue weighted by atomic mass is 9.77. The number of rotatable bonds is 6. The van der Waals surface area contributed by atoms with Gasteiger partial charge in [0.2, 0.25) is 0 Å². The van der Waals surface area contributed by atoms with Gasteiger partial charge >= 0.3 is 24.7 Å². The zero-order chi connectivity index (χ0) is 22.3. The fraction of sp³-hybridized carbons (Fsp3) is 0.909. The highest BCUT2D eigenvalue weighted by molar-refractivity contribution is 6.18. The van der Waals surface area contributed by atoms with Gasteiger partial charge < -0.3 is 10.2 Å². The highest BCUT2D eigenvalue weighted by atomic mass is 35.5. The van der Waals surface area contributed by atoms with E-state index in [1.54, 1.807) is 0 Å². The van der Waals surface area contributed by atoms with Crippen LogP contribution in [0.2, 0.25) is 0 Å². The van der Waals surface area contributed by atoms with Crippen molar-refractivity contribution in [3.8, 4) is 0 Å². The van der Waals surface area contributed by atoms with Crippen LogP contribution in [0.3, 0.4) is 0 Å². The predicted octanol–water partition coefficient (Wildman–Crippen LogP) is 3.90. The highest BCUT2D eigenvalue weighted by Gasteiger charge is 2.77. The van der Waals surface area contributed by atoms with E-state index in [1.165, 1.54) is 0 Å². The molecule has 0 aliphatic carbocycles. The van der Waals surface area contributed by atoms with E-state index in [9.17, 15) is 57.5 Å². The standard InChI is InChI=1S/C11H9ClF12O3/c12-2-1-4(7(27,10(19,20)21)11(22,23)24)5(25)3-6(26,8(13,14)15)9(16,17)18/h4,26-27H,1-3H2/t4-/m0/s1. The van der Waals surface area contributed by atoms with Gasteiger partial charge in [-0.1, -0.05) is 0 Å². The zero-order valence-electron chi connectivity index (χ0n) is 12.4. The molecule has 0 aromatic rings. The average Bonchev–Trinajstić information content (AvgIpc) is 2.38. The topological polar surface area (TPSA) is 57.5 Å². The monoisotopic (exact) mass is 452 g/mol. The van der Waals surface area contributed by atoms with Crippen molar-refractivity contribution in [1.29, 1.82) is 0 Å². The second kappa shape index (κ2) is 7.46. The smallest absolute Gasteiger partial charge is 0.373 e. The Morgan fingerprint density at radius 2 is 1.07 bits per heavy atom. The molecule has 0 heterocycles. The van der Waals surface area contributed by atoms with Crippen molar-refractivity contribution >= 4 is 17.4 Å². The molecule has 16 heteroatoms. The molecule has 0 rings (SSSR count). The normalized spacial score (nSPS) is 16.4. The van der Waals surface area contributed by atoms with Gasteiger partial charge in [-0.2, -0.15) is 52.7 Å². The zero-order valence-corrected chi connectivity index (χ0v) is 13.2. The van der Waals surface area contributed by atoms with Crippen molar-refractivity contribution in [3.63, 3.8) is 0 Å². The first-order valence-electron chi connectivity index (χ1n) is 6.38. The van der Waals surface area contributed by atoms with E-state index < -0.39 is 66.3 Å². The molecule has 0 aromatic heterocycles. The Kier molecular flexibility index (Phi) is 7.20. The van der Waals surface area contributed by atoms with Crippen molar-refractivity contribution in [3.05, 3.63) is 0 Å². The molecule has 162 valence electrons. The summed E-state index contributed by atoms with van der Waals surface area (Å²) in [4.78, 5) is 11.6. The van der Waals surface area contributed by atoms with Crippen LogP contribution in [0.15, 0.2) is 0 Å². The average molecular weight is 453 g/mol. The third-order valence-corrected chi connectivity index (χ3v) is 3.74. The van der Waals surface area contributed by atoms with Crippen molar-refractivity contribution < 1.29 is 67.7 Å². The van der Waals surface area contributed by atoms with Gasteiger partial charge in [-0.05, 0) is 6.42 Å². The number of carbonyl (C=O) groups excluding carboxylic acids is 1. The molecule has 2 N–H and O–H groups in total. The molecule has 0 spiro atoms.